The molecular weight excluding hydrogens is 224 g/mol. The highest BCUT2D eigenvalue weighted by Crippen LogP contribution is 2.36. The molecule has 0 bridgehead atoms. The van der Waals surface area contributed by atoms with Crippen molar-refractivity contribution in [3.63, 3.8) is 0 Å². The Bertz CT molecular complexity index is 367. The smallest absolute Gasteiger partial charge is 0.122 e. The van der Waals surface area contributed by atoms with Crippen LogP contribution in [0.5, 0.6) is 5.75 Å². The topological polar surface area (TPSA) is 47.3 Å². The second-order valence-electron chi connectivity index (χ2n) is 5.11. The van der Waals surface area contributed by atoms with Crippen molar-refractivity contribution >= 4 is 0 Å². The monoisotopic (exact) mass is 248 g/mol. The van der Waals surface area contributed by atoms with Gasteiger partial charge in [-0.15, -0.1) is 0 Å². The van der Waals surface area contributed by atoms with E-state index in [4.69, 9.17) is 10.6 Å². The number of hydrogen-bond acceptors (Lipinski definition) is 3. The number of nitrogens with one attached hydrogen (secondary N) is 1. The van der Waals surface area contributed by atoms with Crippen molar-refractivity contribution in [2.45, 2.75) is 51.0 Å². The van der Waals surface area contributed by atoms with Gasteiger partial charge in [0, 0.05) is 6.04 Å². The Morgan fingerprint density at radius 1 is 1.44 bits per heavy atom. The third kappa shape index (κ3) is 3.24. The van der Waals surface area contributed by atoms with Gasteiger partial charge in [0.25, 0.3) is 0 Å². The number of hydrogen-bond donors (Lipinski definition) is 2. The fourth-order valence-corrected chi connectivity index (χ4v) is 2.72. The maximum absolute atomic E-state index is 5.70. The zero-order valence-electron chi connectivity index (χ0n) is 11.2. The number of nitrogens with two attached hydrogens (primary N) is 1. The van der Waals surface area contributed by atoms with E-state index in [0.717, 1.165) is 31.6 Å². The van der Waals surface area contributed by atoms with Gasteiger partial charge in [0.05, 0.1) is 6.61 Å². The SMILES string of the molecule is CCCCC(CC1CCOc2ccccc21)NN. The van der Waals surface area contributed by atoms with Gasteiger partial charge < -0.3 is 4.74 Å². The summed E-state index contributed by atoms with van der Waals surface area (Å²) in [6.45, 7) is 3.05. The zero-order valence-corrected chi connectivity index (χ0v) is 11.2. The molecule has 1 aliphatic rings. The number of fused-ring (bicyclic) bond motifs is 1. The molecule has 3 nitrogen and oxygen atoms in total. The molecule has 2 rings (SSSR count). The van der Waals surface area contributed by atoms with Gasteiger partial charge in [0.15, 0.2) is 0 Å². The van der Waals surface area contributed by atoms with Crippen LogP contribution in [0.3, 0.4) is 0 Å². The highest BCUT2D eigenvalue weighted by molar-refractivity contribution is 5.37. The van der Waals surface area contributed by atoms with Crippen LogP contribution < -0.4 is 16.0 Å². The number of benzene rings is 1. The predicted octanol–water partition coefficient (Wildman–Crippen LogP) is 2.96. The van der Waals surface area contributed by atoms with E-state index in [0.29, 0.717) is 12.0 Å². The van der Waals surface area contributed by atoms with Gasteiger partial charge in [-0.1, -0.05) is 38.0 Å². The van der Waals surface area contributed by atoms with E-state index in [1.54, 1.807) is 0 Å². The van der Waals surface area contributed by atoms with Gasteiger partial charge >= 0.3 is 0 Å². The van der Waals surface area contributed by atoms with E-state index in [1.165, 1.54) is 18.4 Å². The van der Waals surface area contributed by atoms with Crippen LogP contribution in [-0.4, -0.2) is 12.6 Å². The molecule has 1 aliphatic heterocycles. The summed E-state index contributed by atoms with van der Waals surface area (Å²) in [5.74, 6) is 7.30. The maximum atomic E-state index is 5.70. The summed E-state index contributed by atoms with van der Waals surface area (Å²) < 4.78 is 5.70. The van der Waals surface area contributed by atoms with Crippen molar-refractivity contribution in [3.8, 4) is 5.75 Å². The van der Waals surface area contributed by atoms with Gasteiger partial charge in [-0.2, -0.15) is 0 Å². The Morgan fingerprint density at radius 3 is 3.06 bits per heavy atom. The summed E-state index contributed by atoms with van der Waals surface area (Å²) in [6, 6.07) is 8.81. The third-order valence-corrected chi connectivity index (χ3v) is 3.79. The molecule has 18 heavy (non-hydrogen) atoms. The number of para-hydroxylation sites is 1. The lowest BCUT2D eigenvalue weighted by Gasteiger charge is -2.28. The first-order valence-electron chi connectivity index (χ1n) is 7.03. The third-order valence-electron chi connectivity index (χ3n) is 3.79. The molecule has 1 aromatic rings. The van der Waals surface area contributed by atoms with Crippen molar-refractivity contribution in [1.29, 1.82) is 0 Å². The molecule has 1 aromatic carbocycles. The molecular formula is C15H24N2O. The molecule has 2 unspecified atom stereocenters. The highest BCUT2D eigenvalue weighted by atomic mass is 16.5. The number of ether oxygens (including phenoxy) is 1. The summed E-state index contributed by atoms with van der Waals surface area (Å²) in [5.41, 5.74) is 4.32. The van der Waals surface area contributed by atoms with Gasteiger partial charge in [0.1, 0.15) is 5.75 Å². The summed E-state index contributed by atoms with van der Waals surface area (Å²) in [4.78, 5) is 0. The molecule has 0 radical (unpaired) electrons. The molecule has 0 saturated carbocycles. The van der Waals surface area contributed by atoms with Crippen molar-refractivity contribution in [2.75, 3.05) is 6.61 Å². The minimum atomic E-state index is 0.418. The minimum absolute atomic E-state index is 0.418. The largest absolute Gasteiger partial charge is 0.493 e. The standard InChI is InChI=1S/C15H24N2O/c1-2-3-6-13(17-16)11-12-9-10-18-15-8-5-4-7-14(12)15/h4-5,7-8,12-13,17H,2-3,6,9-11,16H2,1H3. The van der Waals surface area contributed by atoms with E-state index in [1.807, 2.05) is 6.07 Å². The minimum Gasteiger partial charge on any atom is -0.493 e. The van der Waals surface area contributed by atoms with Gasteiger partial charge in [-0.3, -0.25) is 11.3 Å². The van der Waals surface area contributed by atoms with E-state index >= 15 is 0 Å². The van der Waals surface area contributed by atoms with Crippen molar-refractivity contribution in [3.05, 3.63) is 29.8 Å². The van der Waals surface area contributed by atoms with E-state index < -0.39 is 0 Å². The lowest BCUT2D eigenvalue weighted by Crippen LogP contribution is -2.36. The molecule has 100 valence electrons. The first-order valence-corrected chi connectivity index (χ1v) is 7.03. The van der Waals surface area contributed by atoms with Crippen molar-refractivity contribution in [1.82, 2.24) is 5.43 Å². The molecule has 1 heterocycles. The molecule has 0 fully saturated rings. The van der Waals surface area contributed by atoms with Crippen LogP contribution in [0.2, 0.25) is 0 Å². The van der Waals surface area contributed by atoms with Gasteiger partial charge in [-0.25, -0.2) is 0 Å². The van der Waals surface area contributed by atoms with Crippen LogP contribution >= 0.6 is 0 Å². The quantitative estimate of drug-likeness (QED) is 0.601. The lowest BCUT2D eigenvalue weighted by molar-refractivity contribution is 0.253. The average Bonchev–Trinajstić information content (AvgIpc) is 2.43. The molecule has 3 N–H and O–H groups in total. The molecule has 0 aromatic heterocycles. The Morgan fingerprint density at radius 2 is 2.28 bits per heavy atom. The molecule has 2 atom stereocenters. The van der Waals surface area contributed by atoms with Crippen LogP contribution in [0.15, 0.2) is 24.3 Å². The molecule has 0 aliphatic carbocycles. The number of hydrazine groups is 1. The summed E-state index contributed by atoms with van der Waals surface area (Å²) >= 11 is 0. The fourth-order valence-electron chi connectivity index (χ4n) is 2.72. The highest BCUT2D eigenvalue weighted by Gasteiger charge is 2.23. The first kappa shape index (κ1) is 13.4. The molecule has 0 amide bonds. The average molecular weight is 248 g/mol. The number of rotatable bonds is 6. The van der Waals surface area contributed by atoms with Gasteiger partial charge in [0.2, 0.25) is 0 Å². The predicted molar refractivity (Wildman–Crippen MR) is 74.5 cm³/mol. The van der Waals surface area contributed by atoms with Crippen molar-refractivity contribution in [2.24, 2.45) is 5.84 Å². The van der Waals surface area contributed by atoms with Crippen LogP contribution in [0.1, 0.15) is 50.5 Å². The van der Waals surface area contributed by atoms with Crippen LogP contribution in [0.4, 0.5) is 0 Å². The second-order valence-corrected chi connectivity index (χ2v) is 5.11. The first-order chi connectivity index (χ1) is 8.85. The van der Waals surface area contributed by atoms with Crippen molar-refractivity contribution < 1.29 is 4.74 Å². The van der Waals surface area contributed by atoms with Gasteiger partial charge in [-0.05, 0) is 36.8 Å². The van der Waals surface area contributed by atoms with E-state index in [-0.39, 0.29) is 0 Å². The normalized spacial score (nSPS) is 20.0. The Kier molecular flexibility index (Phi) is 5.02. The van der Waals surface area contributed by atoms with Crippen LogP contribution in [0, 0.1) is 0 Å². The lowest BCUT2D eigenvalue weighted by atomic mass is 9.86. The molecule has 3 heteroatoms. The summed E-state index contributed by atoms with van der Waals surface area (Å²) in [6.07, 6.45) is 5.83. The van der Waals surface area contributed by atoms with E-state index in [9.17, 15) is 0 Å². The summed E-state index contributed by atoms with van der Waals surface area (Å²) in [5, 5.41) is 0. The van der Waals surface area contributed by atoms with Crippen LogP contribution in [-0.2, 0) is 0 Å². The molecule has 0 spiro atoms. The Balaban J connectivity index is 2.01. The zero-order chi connectivity index (χ0) is 12.8. The van der Waals surface area contributed by atoms with E-state index in [2.05, 4.69) is 30.5 Å². The summed E-state index contributed by atoms with van der Waals surface area (Å²) in [7, 11) is 0. The molecule has 0 saturated heterocycles. The Hall–Kier alpha value is -1.06. The fraction of sp³-hybridized carbons (Fsp3) is 0.600. The second kappa shape index (κ2) is 6.76. The Labute approximate surface area is 110 Å². The van der Waals surface area contributed by atoms with Crippen LogP contribution in [0.25, 0.3) is 0 Å². The maximum Gasteiger partial charge on any atom is 0.122 e. The number of unbranched alkanes of at least 4 members (excludes halogenated alkanes) is 1.